The second kappa shape index (κ2) is 7.42. The molecule has 0 aromatic heterocycles. The highest BCUT2D eigenvalue weighted by molar-refractivity contribution is 8.00. The number of carbonyl (C=O) groups is 1. The summed E-state index contributed by atoms with van der Waals surface area (Å²) in [7, 11) is 0. The summed E-state index contributed by atoms with van der Waals surface area (Å²) < 4.78 is 37.4. The number of amides is 1. The van der Waals surface area contributed by atoms with Crippen molar-refractivity contribution in [1.82, 2.24) is 5.32 Å². The molecule has 21 heavy (non-hydrogen) atoms. The fourth-order valence-corrected chi connectivity index (χ4v) is 3.53. The first-order valence-corrected chi connectivity index (χ1v) is 8.37. The Morgan fingerprint density at radius 1 is 1.43 bits per heavy atom. The van der Waals surface area contributed by atoms with Crippen LogP contribution in [0.15, 0.2) is 29.2 Å². The average molecular weight is 336 g/mol. The molecule has 1 fully saturated rings. The number of alkyl halides is 3. The van der Waals surface area contributed by atoms with Crippen LogP contribution in [-0.4, -0.2) is 35.5 Å². The Hall–Kier alpha value is -0.860. The molecule has 2 N–H and O–H groups in total. The van der Waals surface area contributed by atoms with Crippen molar-refractivity contribution in [1.29, 1.82) is 0 Å². The fraction of sp³-hybridized carbons (Fsp3) is 0.462. The molecule has 0 bridgehead atoms. The van der Waals surface area contributed by atoms with E-state index in [9.17, 15) is 18.0 Å². The Labute approximate surface area is 129 Å². The molecule has 1 atom stereocenters. The summed E-state index contributed by atoms with van der Waals surface area (Å²) >= 11 is 1.55. The molecule has 0 aliphatic carbocycles. The molecular weight excluding hydrogens is 321 g/mol. The number of nitrogens with one attached hydrogen (secondary N) is 2. The van der Waals surface area contributed by atoms with Gasteiger partial charge in [-0.1, -0.05) is 12.1 Å². The van der Waals surface area contributed by atoms with E-state index in [1.54, 1.807) is 17.8 Å². The van der Waals surface area contributed by atoms with E-state index in [1.165, 1.54) is 18.2 Å². The van der Waals surface area contributed by atoms with E-state index in [0.717, 1.165) is 18.1 Å². The Balaban J connectivity index is 1.96. The zero-order chi connectivity index (χ0) is 15.3. The first kappa shape index (κ1) is 16.5. The van der Waals surface area contributed by atoms with Crippen LogP contribution in [0.4, 0.5) is 18.9 Å². The van der Waals surface area contributed by atoms with Crippen molar-refractivity contribution in [2.75, 3.05) is 23.4 Å². The second-order valence-corrected chi connectivity index (χ2v) is 6.78. The Bertz CT molecular complexity index is 491. The number of rotatable bonds is 4. The molecule has 1 saturated heterocycles. The van der Waals surface area contributed by atoms with Crippen LogP contribution in [0, 0.1) is 0 Å². The summed E-state index contributed by atoms with van der Waals surface area (Å²) in [6.45, 7) is 0.850. The SMILES string of the molecule is O=C(CC1CSCCN1)Nc1ccccc1SC(F)(F)F. The minimum Gasteiger partial charge on any atom is -0.325 e. The van der Waals surface area contributed by atoms with Crippen molar-refractivity contribution in [3.8, 4) is 0 Å². The summed E-state index contributed by atoms with van der Waals surface area (Å²) in [6, 6.07) is 6.02. The van der Waals surface area contributed by atoms with Crippen molar-refractivity contribution in [2.24, 2.45) is 0 Å². The van der Waals surface area contributed by atoms with E-state index in [1.807, 2.05) is 0 Å². The minimum atomic E-state index is -4.37. The Kier molecular flexibility index (Phi) is 5.83. The van der Waals surface area contributed by atoms with E-state index in [2.05, 4.69) is 10.6 Å². The lowest BCUT2D eigenvalue weighted by Gasteiger charge is -2.22. The van der Waals surface area contributed by atoms with Crippen LogP contribution in [-0.2, 0) is 4.79 Å². The topological polar surface area (TPSA) is 41.1 Å². The number of halogens is 3. The zero-order valence-electron chi connectivity index (χ0n) is 11.1. The number of thioether (sulfide) groups is 2. The van der Waals surface area contributed by atoms with E-state index in [4.69, 9.17) is 0 Å². The van der Waals surface area contributed by atoms with Gasteiger partial charge in [0, 0.05) is 35.4 Å². The van der Waals surface area contributed by atoms with Crippen molar-refractivity contribution >= 4 is 35.1 Å². The van der Waals surface area contributed by atoms with Gasteiger partial charge in [0.1, 0.15) is 0 Å². The lowest BCUT2D eigenvalue weighted by atomic mass is 10.2. The third-order valence-corrected chi connectivity index (χ3v) is 4.76. The quantitative estimate of drug-likeness (QED) is 0.828. The van der Waals surface area contributed by atoms with Crippen LogP contribution in [0.1, 0.15) is 6.42 Å². The number of benzene rings is 1. The van der Waals surface area contributed by atoms with Crippen LogP contribution in [0.2, 0.25) is 0 Å². The third-order valence-electron chi connectivity index (χ3n) is 2.82. The van der Waals surface area contributed by atoms with E-state index >= 15 is 0 Å². The fourth-order valence-electron chi connectivity index (χ4n) is 1.96. The molecule has 1 aliphatic heterocycles. The predicted molar refractivity (Wildman–Crippen MR) is 80.7 cm³/mol. The summed E-state index contributed by atoms with van der Waals surface area (Å²) in [6.07, 6.45) is 0.262. The minimum absolute atomic E-state index is 0.00401. The second-order valence-electron chi connectivity index (χ2n) is 4.52. The molecule has 3 nitrogen and oxygen atoms in total. The standard InChI is InChI=1S/C13H15F3N2OS2/c14-13(15,16)21-11-4-2-1-3-10(11)18-12(19)7-9-8-20-6-5-17-9/h1-4,9,17H,5-8H2,(H,18,19). The van der Waals surface area contributed by atoms with Crippen molar-refractivity contribution in [3.63, 3.8) is 0 Å². The highest BCUT2D eigenvalue weighted by atomic mass is 32.2. The molecule has 2 rings (SSSR count). The van der Waals surface area contributed by atoms with Crippen molar-refractivity contribution in [2.45, 2.75) is 22.9 Å². The summed E-state index contributed by atoms with van der Waals surface area (Å²) in [5, 5.41) is 5.79. The van der Waals surface area contributed by atoms with Gasteiger partial charge in [-0.3, -0.25) is 4.79 Å². The first-order valence-electron chi connectivity index (χ1n) is 6.40. The molecule has 0 spiro atoms. The van der Waals surface area contributed by atoms with E-state index < -0.39 is 5.51 Å². The number of carbonyl (C=O) groups excluding carboxylic acids is 1. The highest BCUT2D eigenvalue weighted by Crippen LogP contribution is 2.40. The van der Waals surface area contributed by atoms with Gasteiger partial charge in [-0.05, 0) is 23.9 Å². The normalized spacial score (nSPS) is 19.3. The zero-order valence-corrected chi connectivity index (χ0v) is 12.7. The maximum atomic E-state index is 12.5. The lowest BCUT2D eigenvalue weighted by molar-refractivity contribution is -0.116. The molecule has 8 heteroatoms. The van der Waals surface area contributed by atoms with Gasteiger partial charge in [-0.25, -0.2) is 0 Å². The van der Waals surface area contributed by atoms with Crippen LogP contribution < -0.4 is 10.6 Å². The highest BCUT2D eigenvalue weighted by Gasteiger charge is 2.30. The molecular formula is C13H15F3N2OS2. The molecule has 1 aromatic rings. The van der Waals surface area contributed by atoms with Crippen molar-refractivity contribution in [3.05, 3.63) is 24.3 Å². The lowest BCUT2D eigenvalue weighted by Crippen LogP contribution is -2.39. The van der Waals surface area contributed by atoms with Crippen LogP contribution in [0.3, 0.4) is 0 Å². The summed E-state index contributed by atoms with van der Waals surface area (Å²) in [4.78, 5) is 12.0. The molecule has 1 aromatic carbocycles. The van der Waals surface area contributed by atoms with Gasteiger partial charge in [0.15, 0.2) is 0 Å². The molecule has 1 unspecified atom stereocenters. The summed E-state index contributed by atoms with van der Waals surface area (Å²) in [5.41, 5.74) is -4.17. The molecule has 116 valence electrons. The van der Waals surface area contributed by atoms with E-state index in [0.29, 0.717) is 0 Å². The van der Waals surface area contributed by atoms with Crippen LogP contribution in [0.25, 0.3) is 0 Å². The average Bonchev–Trinajstić information content (AvgIpc) is 2.40. The Morgan fingerprint density at radius 3 is 2.86 bits per heavy atom. The number of para-hydroxylation sites is 1. The molecule has 1 aliphatic rings. The van der Waals surface area contributed by atoms with Crippen LogP contribution in [0.5, 0.6) is 0 Å². The number of anilines is 1. The number of hydrogen-bond acceptors (Lipinski definition) is 4. The monoisotopic (exact) mass is 336 g/mol. The maximum Gasteiger partial charge on any atom is 0.446 e. The molecule has 1 amide bonds. The predicted octanol–water partition coefficient (Wildman–Crippen LogP) is 3.33. The van der Waals surface area contributed by atoms with Gasteiger partial charge >= 0.3 is 5.51 Å². The smallest absolute Gasteiger partial charge is 0.325 e. The Morgan fingerprint density at radius 2 is 2.19 bits per heavy atom. The van der Waals surface area contributed by atoms with Gasteiger partial charge in [-0.2, -0.15) is 24.9 Å². The maximum absolute atomic E-state index is 12.5. The molecule has 0 saturated carbocycles. The van der Waals surface area contributed by atoms with Gasteiger partial charge < -0.3 is 10.6 Å². The molecule has 0 radical (unpaired) electrons. The van der Waals surface area contributed by atoms with Gasteiger partial charge in [0.2, 0.25) is 5.91 Å². The summed E-state index contributed by atoms with van der Waals surface area (Å²) in [5.74, 6) is 1.58. The molecule has 1 heterocycles. The van der Waals surface area contributed by atoms with Crippen LogP contribution >= 0.6 is 23.5 Å². The van der Waals surface area contributed by atoms with Gasteiger partial charge in [-0.15, -0.1) is 0 Å². The van der Waals surface area contributed by atoms with E-state index in [-0.39, 0.29) is 40.7 Å². The number of hydrogen-bond donors (Lipinski definition) is 2. The first-order chi connectivity index (χ1) is 9.94. The largest absolute Gasteiger partial charge is 0.446 e. The van der Waals surface area contributed by atoms with Crippen molar-refractivity contribution < 1.29 is 18.0 Å². The van der Waals surface area contributed by atoms with Gasteiger partial charge in [0.25, 0.3) is 0 Å². The van der Waals surface area contributed by atoms with Gasteiger partial charge in [0.05, 0.1) is 5.69 Å². The third kappa shape index (κ3) is 5.80.